The molecule has 0 amide bonds. The summed E-state index contributed by atoms with van der Waals surface area (Å²) in [6, 6.07) is 0. The van der Waals surface area contributed by atoms with Crippen LogP contribution in [0.2, 0.25) is 0 Å². The maximum Gasteiger partial charge on any atom is 0.311 e. The minimum absolute atomic E-state index is 0.395. The Labute approximate surface area is 101 Å². The van der Waals surface area contributed by atoms with E-state index < -0.39 is 11.9 Å². The van der Waals surface area contributed by atoms with Gasteiger partial charge in [0.1, 0.15) is 11.2 Å². The molecule has 1 aliphatic rings. The van der Waals surface area contributed by atoms with Gasteiger partial charge in [0.15, 0.2) is 0 Å². The zero-order valence-corrected chi connectivity index (χ0v) is 9.95. The molecule has 88 valence electrons. The number of thiophene rings is 1. The first-order valence-corrected chi connectivity index (χ1v) is 6.07. The maximum absolute atomic E-state index is 11.1. The van der Waals surface area contributed by atoms with Crippen molar-refractivity contribution >= 4 is 27.5 Å². The lowest BCUT2D eigenvalue weighted by Gasteiger charge is -2.00. The molecule has 17 heavy (non-hydrogen) atoms. The van der Waals surface area contributed by atoms with Crippen molar-refractivity contribution in [3.8, 4) is 5.88 Å². The number of carbonyl (C=O) groups is 1. The fourth-order valence-electron chi connectivity index (χ4n) is 2.32. The molecule has 5 nitrogen and oxygen atoms in total. The van der Waals surface area contributed by atoms with E-state index in [1.54, 1.807) is 7.11 Å². The number of hydrogen-bond donors (Lipinski definition) is 1. The normalized spacial score (nSPS) is 18.3. The summed E-state index contributed by atoms with van der Waals surface area (Å²) in [5.74, 6) is -0.616. The van der Waals surface area contributed by atoms with E-state index in [-0.39, 0.29) is 0 Å². The number of carboxylic acid groups (broad SMARTS) is 1. The lowest BCUT2D eigenvalue weighted by atomic mass is 10.1. The van der Waals surface area contributed by atoms with Gasteiger partial charge in [-0.2, -0.15) is 0 Å². The van der Waals surface area contributed by atoms with Gasteiger partial charge >= 0.3 is 5.97 Å². The smallest absolute Gasteiger partial charge is 0.311 e. The largest absolute Gasteiger partial charge is 0.481 e. The predicted octanol–water partition coefficient (Wildman–Crippen LogP) is 1.81. The first-order chi connectivity index (χ1) is 8.22. The molecule has 0 bridgehead atoms. The van der Waals surface area contributed by atoms with Crippen LogP contribution in [0.1, 0.15) is 22.8 Å². The molecule has 0 aromatic carbocycles. The van der Waals surface area contributed by atoms with E-state index in [0.717, 1.165) is 27.1 Å². The van der Waals surface area contributed by atoms with Crippen molar-refractivity contribution in [1.29, 1.82) is 0 Å². The summed E-state index contributed by atoms with van der Waals surface area (Å²) in [4.78, 5) is 21.1. The van der Waals surface area contributed by atoms with E-state index in [0.29, 0.717) is 12.3 Å². The molecule has 0 saturated carbocycles. The van der Waals surface area contributed by atoms with Crippen LogP contribution in [0.5, 0.6) is 5.88 Å². The van der Waals surface area contributed by atoms with Gasteiger partial charge in [0.05, 0.1) is 18.4 Å². The highest BCUT2D eigenvalue weighted by atomic mass is 32.1. The van der Waals surface area contributed by atoms with E-state index in [1.165, 1.54) is 17.7 Å². The van der Waals surface area contributed by atoms with Crippen LogP contribution in [0.25, 0.3) is 10.2 Å². The van der Waals surface area contributed by atoms with Crippen LogP contribution in [0.15, 0.2) is 6.33 Å². The molecule has 0 aliphatic heterocycles. The second-order valence-electron chi connectivity index (χ2n) is 3.94. The van der Waals surface area contributed by atoms with Gasteiger partial charge in [0, 0.05) is 4.88 Å². The molecule has 0 fully saturated rings. The number of aliphatic carboxylic acids is 1. The Bertz CT molecular complexity index is 608. The Hall–Kier alpha value is -1.69. The van der Waals surface area contributed by atoms with Crippen LogP contribution in [0.3, 0.4) is 0 Å². The minimum atomic E-state index is -0.762. The standard InChI is InChI=1S/C11H10N2O3S/c1-16-9-7-5-2-3-6(11(14)15)8(5)17-10(7)13-4-12-9/h4,6H,2-3H2,1H3,(H,14,15). The first kappa shape index (κ1) is 10.5. The third kappa shape index (κ3) is 1.40. The van der Waals surface area contributed by atoms with Crippen LogP contribution in [0.4, 0.5) is 0 Å². The van der Waals surface area contributed by atoms with Crippen molar-refractivity contribution in [2.75, 3.05) is 7.11 Å². The predicted molar refractivity (Wildman–Crippen MR) is 62.7 cm³/mol. The lowest BCUT2D eigenvalue weighted by Crippen LogP contribution is -2.06. The van der Waals surface area contributed by atoms with Gasteiger partial charge in [-0.05, 0) is 18.4 Å². The number of aryl methyl sites for hydroxylation is 1. The first-order valence-electron chi connectivity index (χ1n) is 5.25. The maximum atomic E-state index is 11.1. The summed E-state index contributed by atoms with van der Waals surface area (Å²) >= 11 is 1.44. The number of nitrogens with zero attached hydrogens (tertiary/aromatic N) is 2. The van der Waals surface area contributed by atoms with Gasteiger partial charge in [-0.1, -0.05) is 0 Å². The summed E-state index contributed by atoms with van der Waals surface area (Å²) in [7, 11) is 1.56. The number of rotatable bonds is 2. The summed E-state index contributed by atoms with van der Waals surface area (Å²) in [6.07, 6.45) is 2.86. The highest BCUT2D eigenvalue weighted by Crippen LogP contribution is 2.45. The van der Waals surface area contributed by atoms with Gasteiger partial charge < -0.3 is 9.84 Å². The summed E-state index contributed by atoms with van der Waals surface area (Å²) in [6.45, 7) is 0. The number of hydrogen-bond acceptors (Lipinski definition) is 5. The molecular formula is C11H10N2O3S. The summed E-state index contributed by atoms with van der Waals surface area (Å²) < 4.78 is 5.21. The van der Waals surface area contributed by atoms with Crippen molar-refractivity contribution in [2.24, 2.45) is 0 Å². The van der Waals surface area contributed by atoms with E-state index in [1.807, 2.05) is 0 Å². The highest BCUT2D eigenvalue weighted by molar-refractivity contribution is 7.19. The fraction of sp³-hybridized carbons (Fsp3) is 0.364. The van der Waals surface area contributed by atoms with Crippen molar-refractivity contribution < 1.29 is 14.6 Å². The number of fused-ring (bicyclic) bond motifs is 3. The Morgan fingerprint density at radius 1 is 1.59 bits per heavy atom. The Kier molecular flexibility index (Phi) is 2.25. The Balaban J connectivity index is 2.27. The van der Waals surface area contributed by atoms with Crippen LogP contribution >= 0.6 is 11.3 Å². The van der Waals surface area contributed by atoms with Crippen molar-refractivity contribution in [1.82, 2.24) is 9.97 Å². The van der Waals surface area contributed by atoms with Gasteiger partial charge in [0.25, 0.3) is 0 Å². The number of carboxylic acids is 1. The zero-order valence-electron chi connectivity index (χ0n) is 9.14. The van der Waals surface area contributed by atoms with Crippen molar-refractivity contribution in [3.63, 3.8) is 0 Å². The second-order valence-corrected chi connectivity index (χ2v) is 4.97. The van der Waals surface area contributed by atoms with Crippen molar-refractivity contribution in [2.45, 2.75) is 18.8 Å². The van der Waals surface area contributed by atoms with Crippen LogP contribution < -0.4 is 4.74 Å². The quantitative estimate of drug-likeness (QED) is 0.880. The molecule has 0 saturated heterocycles. The molecule has 3 rings (SSSR count). The molecular weight excluding hydrogens is 240 g/mol. The van der Waals surface area contributed by atoms with Gasteiger partial charge in [-0.3, -0.25) is 4.79 Å². The molecule has 1 aliphatic carbocycles. The summed E-state index contributed by atoms with van der Waals surface area (Å²) in [5, 5.41) is 10.0. The number of ether oxygens (including phenoxy) is 1. The van der Waals surface area contributed by atoms with E-state index in [4.69, 9.17) is 9.84 Å². The average molecular weight is 250 g/mol. The topological polar surface area (TPSA) is 72.3 Å². The molecule has 2 heterocycles. The zero-order chi connectivity index (χ0) is 12.0. The third-order valence-corrected chi connectivity index (χ3v) is 4.33. The Morgan fingerprint density at radius 3 is 3.12 bits per heavy atom. The SMILES string of the molecule is COc1ncnc2sc3c(c12)CCC3C(=O)O. The molecule has 1 unspecified atom stereocenters. The second kappa shape index (κ2) is 3.66. The third-order valence-electron chi connectivity index (χ3n) is 3.07. The molecule has 0 spiro atoms. The molecule has 1 N–H and O–H groups in total. The van der Waals surface area contributed by atoms with Crippen LogP contribution in [0, 0.1) is 0 Å². The summed E-state index contributed by atoms with van der Waals surface area (Å²) in [5.41, 5.74) is 1.05. The molecule has 2 aromatic rings. The minimum Gasteiger partial charge on any atom is -0.481 e. The van der Waals surface area contributed by atoms with Gasteiger partial charge in [-0.15, -0.1) is 11.3 Å². The lowest BCUT2D eigenvalue weighted by molar-refractivity contribution is -0.138. The average Bonchev–Trinajstić information content (AvgIpc) is 2.85. The monoisotopic (exact) mass is 250 g/mol. The van der Waals surface area contributed by atoms with Gasteiger partial charge in [0.2, 0.25) is 5.88 Å². The van der Waals surface area contributed by atoms with Crippen LogP contribution in [-0.2, 0) is 11.2 Å². The van der Waals surface area contributed by atoms with E-state index >= 15 is 0 Å². The molecule has 1 atom stereocenters. The van der Waals surface area contributed by atoms with Gasteiger partial charge in [-0.25, -0.2) is 9.97 Å². The van der Waals surface area contributed by atoms with Crippen molar-refractivity contribution in [3.05, 3.63) is 16.8 Å². The van der Waals surface area contributed by atoms with E-state index in [9.17, 15) is 4.79 Å². The molecule has 0 radical (unpaired) electrons. The number of aromatic nitrogens is 2. The molecule has 6 heteroatoms. The fourth-order valence-corrected chi connectivity index (χ4v) is 3.63. The highest BCUT2D eigenvalue weighted by Gasteiger charge is 2.33. The van der Waals surface area contributed by atoms with Crippen LogP contribution in [-0.4, -0.2) is 28.2 Å². The number of methoxy groups -OCH3 is 1. The Morgan fingerprint density at radius 2 is 2.41 bits per heavy atom. The molecule has 2 aromatic heterocycles. The van der Waals surface area contributed by atoms with E-state index in [2.05, 4.69) is 9.97 Å².